The van der Waals surface area contributed by atoms with Crippen LogP contribution in [-0.4, -0.2) is 41.0 Å². The SMILES string of the molecule is CC1(C)CCN(CC(N)C(=O)O)C(=O)C1. The normalized spacial score (nSPS) is 22.6. The molecule has 5 nitrogen and oxygen atoms in total. The number of likely N-dealkylation sites (tertiary alicyclic amines) is 1. The number of carbonyl (C=O) groups is 2. The Balaban J connectivity index is 2.52. The average molecular weight is 214 g/mol. The van der Waals surface area contributed by atoms with Crippen LogP contribution in [0.15, 0.2) is 0 Å². The summed E-state index contributed by atoms with van der Waals surface area (Å²) in [7, 11) is 0. The van der Waals surface area contributed by atoms with Gasteiger partial charge in [-0.15, -0.1) is 0 Å². The van der Waals surface area contributed by atoms with E-state index in [0.29, 0.717) is 13.0 Å². The summed E-state index contributed by atoms with van der Waals surface area (Å²) in [6.45, 7) is 4.80. The Bertz CT molecular complexity index is 276. The molecule has 3 N–H and O–H groups in total. The highest BCUT2D eigenvalue weighted by atomic mass is 16.4. The highest BCUT2D eigenvalue weighted by Gasteiger charge is 2.32. The minimum atomic E-state index is -1.06. The first-order valence-corrected chi connectivity index (χ1v) is 5.08. The average Bonchev–Trinajstić information content (AvgIpc) is 2.08. The summed E-state index contributed by atoms with van der Waals surface area (Å²) in [4.78, 5) is 23.7. The minimum Gasteiger partial charge on any atom is -0.480 e. The molecule has 1 aliphatic rings. The number of hydrogen-bond acceptors (Lipinski definition) is 3. The molecule has 1 aliphatic heterocycles. The smallest absolute Gasteiger partial charge is 0.322 e. The van der Waals surface area contributed by atoms with Gasteiger partial charge in [0, 0.05) is 19.5 Å². The topological polar surface area (TPSA) is 83.6 Å². The van der Waals surface area contributed by atoms with E-state index in [1.807, 2.05) is 13.8 Å². The van der Waals surface area contributed by atoms with Gasteiger partial charge in [0.15, 0.2) is 0 Å². The van der Waals surface area contributed by atoms with Gasteiger partial charge in [-0.05, 0) is 11.8 Å². The Labute approximate surface area is 89.2 Å². The van der Waals surface area contributed by atoms with Crippen LogP contribution in [0, 0.1) is 5.41 Å². The molecule has 0 aliphatic carbocycles. The molecule has 1 unspecified atom stereocenters. The predicted molar refractivity (Wildman–Crippen MR) is 55.2 cm³/mol. The summed E-state index contributed by atoms with van der Waals surface area (Å²) in [5, 5.41) is 8.64. The van der Waals surface area contributed by atoms with E-state index in [4.69, 9.17) is 10.8 Å². The highest BCUT2D eigenvalue weighted by molar-refractivity contribution is 5.79. The third-order valence-corrected chi connectivity index (χ3v) is 2.78. The van der Waals surface area contributed by atoms with Gasteiger partial charge in [-0.1, -0.05) is 13.8 Å². The third-order valence-electron chi connectivity index (χ3n) is 2.78. The molecule has 1 saturated heterocycles. The van der Waals surface area contributed by atoms with E-state index in [1.165, 1.54) is 0 Å². The highest BCUT2D eigenvalue weighted by Crippen LogP contribution is 2.30. The molecule has 1 atom stereocenters. The first kappa shape index (κ1) is 12.0. The second-order valence-electron chi connectivity index (χ2n) is 4.88. The van der Waals surface area contributed by atoms with E-state index in [1.54, 1.807) is 4.90 Å². The van der Waals surface area contributed by atoms with Crippen molar-refractivity contribution in [2.75, 3.05) is 13.1 Å². The van der Waals surface area contributed by atoms with Crippen molar-refractivity contribution in [2.24, 2.45) is 11.1 Å². The molecule has 1 amide bonds. The van der Waals surface area contributed by atoms with Crippen LogP contribution in [0.2, 0.25) is 0 Å². The number of carboxylic acid groups (broad SMARTS) is 1. The monoisotopic (exact) mass is 214 g/mol. The lowest BCUT2D eigenvalue weighted by atomic mass is 9.82. The van der Waals surface area contributed by atoms with Crippen molar-refractivity contribution in [2.45, 2.75) is 32.7 Å². The lowest BCUT2D eigenvalue weighted by molar-refractivity contribution is -0.142. The van der Waals surface area contributed by atoms with E-state index in [0.717, 1.165) is 6.42 Å². The zero-order valence-corrected chi connectivity index (χ0v) is 9.19. The zero-order chi connectivity index (χ0) is 11.6. The van der Waals surface area contributed by atoms with Gasteiger partial charge in [-0.3, -0.25) is 9.59 Å². The van der Waals surface area contributed by atoms with Gasteiger partial charge in [0.25, 0.3) is 0 Å². The lowest BCUT2D eigenvalue weighted by Gasteiger charge is -2.36. The lowest BCUT2D eigenvalue weighted by Crippen LogP contribution is -2.49. The maximum absolute atomic E-state index is 11.6. The van der Waals surface area contributed by atoms with Gasteiger partial charge in [-0.2, -0.15) is 0 Å². The fraction of sp³-hybridized carbons (Fsp3) is 0.800. The van der Waals surface area contributed by atoms with Gasteiger partial charge in [-0.25, -0.2) is 0 Å². The molecular weight excluding hydrogens is 196 g/mol. The van der Waals surface area contributed by atoms with E-state index in [9.17, 15) is 9.59 Å². The summed E-state index contributed by atoms with van der Waals surface area (Å²) in [5.74, 6) is -1.06. The molecular formula is C10H18N2O3. The van der Waals surface area contributed by atoms with Crippen molar-refractivity contribution < 1.29 is 14.7 Å². The minimum absolute atomic E-state index is 0.00273. The largest absolute Gasteiger partial charge is 0.480 e. The predicted octanol–water partition coefficient (Wildman–Crippen LogP) is 0.0469. The fourth-order valence-electron chi connectivity index (χ4n) is 1.68. The van der Waals surface area contributed by atoms with Crippen LogP contribution in [0.1, 0.15) is 26.7 Å². The summed E-state index contributed by atoms with van der Waals surface area (Å²) < 4.78 is 0. The molecule has 1 rings (SSSR count). The number of nitrogens with two attached hydrogens (primary N) is 1. The zero-order valence-electron chi connectivity index (χ0n) is 9.19. The number of amides is 1. The van der Waals surface area contributed by atoms with Gasteiger partial charge in [0.05, 0.1) is 0 Å². The summed E-state index contributed by atoms with van der Waals surface area (Å²) in [5.41, 5.74) is 5.41. The van der Waals surface area contributed by atoms with E-state index in [2.05, 4.69) is 0 Å². The van der Waals surface area contributed by atoms with Crippen LogP contribution in [0.25, 0.3) is 0 Å². The van der Waals surface area contributed by atoms with Gasteiger partial charge >= 0.3 is 5.97 Å². The second kappa shape index (κ2) is 4.18. The molecule has 0 aromatic rings. The van der Waals surface area contributed by atoms with Crippen molar-refractivity contribution in [1.29, 1.82) is 0 Å². The first-order chi connectivity index (χ1) is 6.82. The van der Waals surface area contributed by atoms with E-state index >= 15 is 0 Å². The standard InChI is InChI=1S/C10H18N2O3/c1-10(2)3-4-12(8(13)5-10)6-7(11)9(14)15/h7H,3-6,11H2,1-2H3,(H,14,15). The maximum Gasteiger partial charge on any atom is 0.322 e. The first-order valence-electron chi connectivity index (χ1n) is 5.08. The van der Waals surface area contributed by atoms with Crippen LogP contribution in [0.5, 0.6) is 0 Å². The molecule has 0 aromatic carbocycles. The summed E-state index contributed by atoms with van der Waals surface area (Å²) >= 11 is 0. The van der Waals surface area contributed by atoms with Crippen LogP contribution in [-0.2, 0) is 9.59 Å². The molecule has 0 aromatic heterocycles. The van der Waals surface area contributed by atoms with Crippen molar-refractivity contribution in [1.82, 2.24) is 4.90 Å². The van der Waals surface area contributed by atoms with Crippen LogP contribution in [0.4, 0.5) is 0 Å². The Hall–Kier alpha value is -1.10. The van der Waals surface area contributed by atoms with E-state index < -0.39 is 12.0 Å². The Kier molecular flexibility index (Phi) is 3.34. The summed E-state index contributed by atoms with van der Waals surface area (Å²) in [6.07, 6.45) is 1.37. The number of rotatable bonds is 3. The van der Waals surface area contributed by atoms with Crippen LogP contribution in [0.3, 0.4) is 0 Å². The fourth-order valence-corrected chi connectivity index (χ4v) is 1.68. The number of aliphatic carboxylic acids is 1. The second-order valence-corrected chi connectivity index (χ2v) is 4.88. The molecule has 0 radical (unpaired) electrons. The molecule has 5 heteroatoms. The Morgan fingerprint density at radius 1 is 1.67 bits per heavy atom. The van der Waals surface area contributed by atoms with Gasteiger partial charge < -0.3 is 15.7 Å². The molecule has 1 fully saturated rings. The molecule has 1 heterocycles. The number of carboxylic acids is 1. The molecule has 15 heavy (non-hydrogen) atoms. The van der Waals surface area contributed by atoms with Crippen molar-refractivity contribution in [3.63, 3.8) is 0 Å². The number of hydrogen-bond donors (Lipinski definition) is 2. The maximum atomic E-state index is 11.6. The molecule has 0 saturated carbocycles. The number of piperidine rings is 1. The number of nitrogens with zero attached hydrogens (tertiary/aromatic N) is 1. The van der Waals surface area contributed by atoms with Crippen molar-refractivity contribution in [3.05, 3.63) is 0 Å². The van der Waals surface area contributed by atoms with Gasteiger partial charge in [0.2, 0.25) is 5.91 Å². The van der Waals surface area contributed by atoms with Crippen molar-refractivity contribution in [3.8, 4) is 0 Å². The Morgan fingerprint density at radius 3 is 2.73 bits per heavy atom. The Morgan fingerprint density at radius 2 is 2.27 bits per heavy atom. The molecule has 0 spiro atoms. The molecule has 0 bridgehead atoms. The molecule has 86 valence electrons. The van der Waals surface area contributed by atoms with Crippen LogP contribution >= 0.6 is 0 Å². The van der Waals surface area contributed by atoms with Gasteiger partial charge in [0.1, 0.15) is 6.04 Å². The number of carbonyl (C=O) groups excluding carboxylic acids is 1. The van der Waals surface area contributed by atoms with E-state index in [-0.39, 0.29) is 17.9 Å². The van der Waals surface area contributed by atoms with Crippen LogP contribution < -0.4 is 5.73 Å². The quantitative estimate of drug-likeness (QED) is 0.695. The third kappa shape index (κ3) is 3.20. The summed E-state index contributed by atoms with van der Waals surface area (Å²) in [6, 6.07) is -0.977. The van der Waals surface area contributed by atoms with Crippen molar-refractivity contribution >= 4 is 11.9 Å².